The third kappa shape index (κ3) is 2.33. The van der Waals surface area contributed by atoms with Gasteiger partial charge in [-0.2, -0.15) is 0 Å². The van der Waals surface area contributed by atoms with Crippen molar-refractivity contribution < 1.29 is 9.90 Å². The molecule has 0 spiro atoms. The molecule has 3 atom stereocenters. The second-order valence-corrected chi connectivity index (χ2v) is 5.52. The molecule has 0 aromatic heterocycles. The summed E-state index contributed by atoms with van der Waals surface area (Å²) in [5.74, 6) is 0.236. The van der Waals surface area contributed by atoms with Gasteiger partial charge >= 0.3 is 0 Å². The van der Waals surface area contributed by atoms with E-state index in [1.807, 2.05) is 13.8 Å². The molecule has 2 rings (SSSR count). The van der Waals surface area contributed by atoms with Crippen LogP contribution in [0.15, 0.2) is 0 Å². The fourth-order valence-electron chi connectivity index (χ4n) is 3.16. The van der Waals surface area contributed by atoms with E-state index < -0.39 is 5.54 Å². The van der Waals surface area contributed by atoms with Gasteiger partial charge in [0.15, 0.2) is 0 Å². The molecule has 4 nitrogen and oxygen atoms in total. The van der Waals surface area contributed by atoms with Gasteiger partial charge in [-0.3, -0.25) is 4.79 Å². The predicted octanol–water partition coefficient (Wildman–Crippen LogP) is 0.794. The molecule has 3 N–H and O–H groups in total. The number of fused-ring (bicyclic) bond motifs is 2. The standard InChI is InChI=1S/C13H24N2O2/c1-3-13(4-2,8-16)15-12(17)10-7-9-5-6-11(10)14-9/h9-11,14,16H,3-8H2,1-2H3,(H,15,17). The number of carbonyl (C=O) groups is 1. The highest BCUT2D eigenvalue weighted by Gasteiger charge is 2.44. The normalized spacial score (nSPS) is 31.8. The summed E-state index contributed by atoms with van der Waals surface area (Å²) in [6.45, 7) is 4.05. The zero-order valence-corrected chi connectivity index (χ0v) is 10.8. The highest BCUT2D eigenvalue weighted by molar-refractivity contribution is 5.81. The monoisotopic (exact) mass is 240 g/mol. The fourth-order valence-corrected chi connectivity index (χ4v) is 3.16. The summed E-state index contributed by atoms with van der Waals surface area (Å²) < 4.78 is 0. The van der Waals surface area contributed by atoms with Crippen molar-refractivity contribution in [3.8, 4) is 0 Å². The van der Waals surface area contributed by atoms with Gasteiger partial charge < -0.3 is 15.7 Å². The second-order valence-electron chi connectivity index (χ2n) is 5.52. The number of amides is 1. The molecule has 0 aromatic carbocycles. The number of hydrogen-bond donors (Lipinski definition) is 3. The topological polar surface area (TPSA) is 61.4 Å². The van der Waals surface area contributed by atoms with E-state index in [-0.39, 0.29) is 18.4 Å². The summed E-state index contributed by atoms with van der Waals surface area (Å²) in [5, 5.41) is 16.0. The van der Waals surface area contributed by atoms with Crippen molar-refractivity contribution in [2.75, 3.05) is 6.61 Å². The van der Waals surface area contributed by atoms with Crippen LogP contribution in [0.3, 0.4) is 0 Å². The lowest BCUT2D eigenvalue weighted by molar-refractivity contribution is -0.128. The van der Waals surface area contributed by atoms with Crippen LogP contribution in [0.5, 0.6) is 0 Å². The largest absolute Gasteiger partial charge is 0.394 e. The van der Waals surface area contributed by atoms with Gasteiger partial charge in [0, 0.05) is 12.1 Å². The van der Waals surface area contributed by atoms with Gasteiger partial charge in [-0.1, -0.05) is 13.8 Å². The van der Waals surface area contributed by atoms with Crippen LogP contribution in [0.2, 0.25) is 0 Å². The molecule has 2 aliphatic heterocycles. The molecule has 2 bridgehead atoms. The quantitative estimate of drug-likeness (QED) is 0.666. The lowest BCUT2D eigenvalue weighted by atomic mass is 9.86. The molecular formula is C13H24N2O2. The van der Waals surface area contributed by atoms with Crippen LogP contribution in [0.4, 0.5) is 0 Å². The molecule has 2 fully saturated rings. The average molecular weight is 240 g/mol. The molecule has 4 heteroatoms. The highest BCUT2D eigenvalue weighted by atomic mass is 16.3. The average Bonchev–Trinajstić information content (AvgIpc) is 2.98. The Labute approximate surface area is 103 Å². The molecular weight excluding hydrogens is 216 g/mol. The molecule has 98 valence electrons. The molecule has 3 unspecified atom stereocenters. The van der Waals surface area contributed by atoms with E-state index in [0.29, 0.717) is 12.1 Å². The lowest BCUT2D eigenvalue weighted by Crippen LogP contribution is -2.53. The predicted molar refractivity (Wildman–Crippen MR) is 66.6 cm³/mol. The van der Waals surface area contributed by atoms with Crippen molar-refractivity contribution in [1.82, 2.24) is 10.6 Å². The molecule has 0 saturated carbocycles. The first-order chi connectivity index (χ1) is 8.14. The first-order valence-corrected chi connectivity index (χ1v) is 6.83. The van der Waals surface area contributed by atoms with Gasteiger partial charge in [0.05, 0.1) is 18.1 Å². The minimum Gasteiger partial charge on any atom is -0.394 e. The fraction of sp³-hybridized carbons (Fsp3) is 0.923. The zero-order chi connectivity index (χ0) is 12.5. The maximum absolute atomic E-state index is 12.3. The summed E-state index contributed by atoms with van der Waals surface area (Å²) in [6, 6.07) is 0.910. The highest BCUT2D eigenvalue weighted by Crippen LogP contribution is 2.33. The summed E-state index contributed by atoms with van der Waals surface area (Å²) >= 11 is 0. The van der Waals surface area contributed by atoms with Crippen LogP contribution in [0, 0.1) is 5.92 Å². The minimum absolute atomic E-state index is 0.0278. The molecule has 2 heterocycles. The van der Waals surface area contributed by atoms with Gasteiger partial charge in [0.25, 0.3) is 0 Å². The van der Waals surface area contributed by atoms with E-state index in [4.69, 9.17) is 0 Å². The number of aliphatic hydroxyl groups excluding tert-OH is 1. The van der Waals surface area contributed by atoms with Crippen molar-refractivity contribution in [1.29, 1.82) is 0 Å². The van der Waals surface area contributed by atoms with Crippen molar-refractivity contribution in [2.24, 2.45) is 5.92 Å². The van der Waals surface area contributed by atoms with E-state index in [1.54, 1.807) is 0 Å². The molecule has 0 aromatic rings. The van der Waals surface area contributed by atoms with Gasteiger partial charge in [-0.05, 0) is 32.1 Å². The van der Waals surface area contributed by atoms with Crippen LogP contribution in [-0.4, -0.2) is 35.2 Å². The van der Waals surface area contributed by atoms with Crippen LogP contribution in [0.25, 0.3) is 0 Å². The van der Waals surface area contributed by atoms with E-state index in [1.165, 1.54) is 6.42 Å². The van der Waals surface area contributed by atoms with E-state index in [0.717, 1.165) is 25.7 Å². The van der Waals surface area contributed by atoms with Crippen molar-refractivity contribution >= 4 is 5.91 Å². The number of hydrogen-bond acceptors (Lipinski definition) is 3. The Morgan fingerprint density at radius 1 is 1.41 bits per heavy atom. The molecule has 2 saturated heterocycles. The van der Waals surface area contributed by atoms with E-state index >= 15 is 0 Å². The Morgan fingerprint density at radius 2 is 2.12 bits per heavy atom. The van der Waals surface area contributed by atoms with E-state index in [2.05, 4.69) is 10.6 Å². The molecule has 17 heavy (non-hydrogen) atoms. The molecule has 1 amide bonds. The Bertz CT molecular complexity index is 281. The maximum Gasteiger partial charge on any atom is 0.225 e. The van der Waals surface area contributed by atoms with Crippen molar-refractivity contribution in [2.45, 2.75) is 63.6 Å². The van der Waals surface area contributed by atoms with Gasteiger partial charge in [0.2, 0.25) is 5.91 Å². The summed E-state index contributed by atoms with van der Waals surface area (Å²) in [7, 11) is 0. The second kappa shape index (κ2) is 4.94. The molecule has 0 radical (unpaired) electrons. The first kappa shape index (κ1) is 12.8. The smallest absolute Gasteiger partial charge is 0.225 e. The summed E-state index contributed by atoms with van der Waals surface area (Å²) in [6.07, 6.45) is 4.85. The third-order valence-electron chi connectivity index (χ3n) is 4.68. The Balaban J connectivity index is 1.96. The Hall–Kier alpha value is -0.610. The van der Waals surface area contributed by atoms with Gasteiger partial charge in [-0.15, -0.1) is 0 Å². The van der Waals surface area contributed by atoms with Crippen molar-refractivity contribution in [3.63, 3.8) is 0 Å². The number of rotatable bonds is 5. The summed E-state index contributed by atoms with van der Waals surface area (Å²) in [5.41, 5.74) is -0.418. The number of carbonyl (C=O) groups excluding carboxylic acids is 1. The lowest BCUT2D eigenvalue weighted by Gasteiger charge is -2.33. The Kier molecular flexibility index (Phi) is 3.73. The van der Waals surface area contributed by atoms with Crippen molar-refractivity contribution in [3.05, 3.63) is 0 Å². The Morgan fingerprint density at radius 3 is 2.53 bits per heavy atom. The summed E-state index contributed by atoms with van der Waals surface area (Å²) in [4.78, 5) is 12.3. The molecule has 2 aliphatic rings. The zero-order valence-electron chi connectivity index (χ0n) is 10.8. The third-order valence-corrected chi connectivity index (χ3v) is 4.68. The SMILES string of the molecule is CCC(CC)(CO)NC(=O)C1CC2CCC1N2. The minimum atomic E-state index is -0.418. The van der Waals surface area contributed by atoms with Crippen LogP contribution in [-0.2, 0) is 4.79 Å². The molecule has 0 aliphatic carbocycles. The van der Waals surface area contributed by atoms with Gasteiger partial charge in [0.1, 0.15) is 0 Å². The number of nitrogens with one attached hydrogen (secondary N) is 2. The van der Waals surface area contributed by atoms with E-state index in [9.17, 15) is 9.90 Å². The number of aliphatic hydroxyl groups is 1. The maximum atomic E-state index is 12.3. The van der Waals surface area contributed by atoms with Crippen LogP contribution in [0.1, 0.15) is 46.0 Å². The van der Waals surface area contributed by atoms with Crippen LogP contribution < -0.4 is 10.6 Å². The first-order valence-electron chi connectivity index (χ1n) is 6.83. The van der Waals surface area contributed by atoms with Gasteiger partial charge in [-0.25, -0.2) is 0 Å². The van der Waals surface area contributed by atoms with Crippen LogP contribution >= 0.6 is 0 Å².